The van der Waals surface area contributed by atoms with Crippen molar-refractivity contribution >= 4 is 17.9 Å². The first-order valence-corrected chi connectivity index (χ1v) is 15.5. The molecule has 0 saturated heterocycles. The molecule has 2 rings (SSSR count). The van der Waals surface area contributed by atoms with Crippen LogP contribution in [0.5, 0.6) is 5.75 Å². The van der Waals surface area contributed by atoms with Crippen LogP contribution in [0.3, 0.4) is 0 Å². The van der Waals surface area contributed by atoms with E-state index >= 15 is 0 Å². The van der Waals surface area contributed by atoms with Gasteiger partial charge in [0, 0.05) is 19.5 Å². The maximum atomic E-state index is 14.5. The molecular formula is C34H51N3O5. The van der Waals surface area contributed by atoms with E-state index < -0.39 is 23.8 Å². The number of aromatic hydroxyl groups is 1. The lowest BCUT2D eigenvalue weighted by Crippen LogP contribution is -2.54. The molecular weight excluding hydrogens is 530 g/mol. The van der Waals surface area contributed by atoms with Crippen LogP contribution in [0.1, 0.15) is 103 Å². The molecule has 0 spiro atoms. The summed E-state index contributed by atoms with van der Waals surface area (Å²) in [5, 5.41) is 16.1. The van der Waals surface area contributed by atoms with Crippen molar-refractivity contribution in [3.63, 3.8) is 0 Å². The van der Waals surface area contributed by atoms with Gasteiger partial charge in [0.25, 0.3) is 0 Å². The molecule has 42 heavy (non-hydrogen) atoms. The smallest absolute Gasteiger partial charge is 0.408 e. The topological polar surface area (TPSA) is 108 Å². The zero-order chi connectivity index (χ0) is 31.0. The number of unbranched alkanes of at least 4 members (excludes halogenated alkanes) is 6. The Bertz CT molecular complexity index is 1100. The molecule has 2 atom stereocenters. The van der Waals surface area contributed by atoms with Gasteiger partial charge in [-0.05, 0) is 56.9 Å². The molecule has 0 aliphatic rings. The van der Waals surface area contributed by atoms with Crippen molar-refractivity contribution in [2.24, 2.45) is 0 Å². The third-order valence-corrected chi connectivity index (χ3v) is 6.88. The summed E-state index contributed by atoms with van der Waals surface area (Å²) in [6.45, 7) is 10.3. The molecule has 2 aromatic rings. The monoisotopic (exact) mass is 581 g/mol. The summed E-state index contributed by atoms with van der Waals surface area (Å²) < 4.78 is 5.51. The van der Waals surface area contributed by atoms with Gasteiger partial charge in [0.15, 0.2) is 0 Å². The average molecular weight is 582 g/mol. The van der Waals surface area contributed by atoms with Crippen LogP contribution < -0.4 is 10.6 Å². The van der Waals surface area contributed by atoms with Gasteiger partial charge < -0.3 is 25.4 Å². The van der Waals surface area contributed by atoms with E-state index in [-0.39, 0.29) is 24.0 Å². The molecule has 3 amide bonds. The number of benzene rings is 2. The molecule has 0 fully saturated rings. The van der Waals surface area contributed by atoms with Crippen LogP contribution in [0, 0.1) is 0 Å². The number of ether oxygens (including phenoxy) is 1. The van der Waals surface area contributed by atoms with E-state index in [0.717, 1.165) is 50.5 Å². The second-order valence-electron chi connectivity index (χ2n) is 11.8. The van der Waals surface area contributed by atoms with Crippen LogP contribution in [0.4, 0.5) is 4.79 Å². The maximum Gasteiger partial charge on any atom is 0.408 e. The number of phenolic OH excluding ortho intramolecular Hbond substituents is 1. The number of hydrogen-bond acceptors (Lipinski definition) is 5. The summed E-state index contributed by atoms with van der Waals surface area (Å²) in [6.07, 6.45) is 7.33. The van der Waals surface area contributed by atoms with Gasteiger partial charge in [0.1, 0.15) is 23.4 Å². The molecule has 0 aromatic heterocycles. The van der Waals surface area contributed by atoms with Crippen LogP contribution in [-0.4, -0.2) is 52.6 Å². The SMILES string of the molecule is CCCCCCCCN(C(=O)C(Cc1ccccc1)NC(=O)OC(C)(C)C)C(C(=O)NCCCC)c1cccc(O)c1. The summed E-state index contributed by atoms with van der Waals surface area (Å²) in [5.74, 6) is -0.681. The Labute approximate surface area is 252 Å². The highest BCUT2D eigenvalue weighted by Gasteiger charge is 2.36. The molecule has 0 radical (unpaired) electrons. The molecule has 0 aliphatic carbocycles. The van der Waals surface area contributed by atoms with Crippen LogP contribution >= 0.6 is 0 Å². The Morgan fingerprint density at radius 1 is 0.881 bits per heavy atom. The minimum Gasteiger partial charge on any atom is -0.508 e. The maximum absolute atomic E-state index is 14.5. The van der Waals surface area contributed by atoms with Crippen molar-refractivity contribution in [2.75, 3.05) is 13.1 Å². The van der Waals surface area contributed by atoms with Crippen molar-refractivity contribution in [2.45, 2.75) is 110 Å². The molecule has 0 heterocycles. The van der Waals surface area contributed by atoms with Crippen LogP contribution in [0.2, 0.25) is 0 Å². The Kier molecular flexibility index (Phi) is 14.9. The minimum absolute atomic E-state index is 0.0125. The number of carbonyl (C=O) groups is 3. The molecule has 3 N–H and O–H groups in total. The molecule has 8 heteroatoms. The summed E-state index contributed by atoms with van der Waals surface area (Å²) in [7, 11) is 0. The molecule has 8 nitrogen and oxygen atoms in total. The first-order chi connectivity index (χ1) is 20.1. The van der Waals surface area contributed by atoms with E-state index in [4.69, 9.17) is 4.74 Å². The lowest BCUT2D eigenvalue weighted by atomic mass is 9.99. The number of phenols is 1. The zero-order valence-corrected chi connectivity index (χ0v) is 26.2. The largest absolute Gasteiger partial charge is 0.508 e. The number of nitrogens with one attached hydrogen (secondary N) is 2. The van der Waals surface area contributed by atoms with E-state index in [1.165, 1.54) is 12.1 Å². The Hall–Kier alpha value is -3.55. The third-order valence-electron chi connectivity index (χ3n) is 6.88. The highest BCUT2D eigenvalue weighted by molar-refractivity contribution is 5.92. The van der Waals surface area contributed by atoms with E-state index in [2.05, 4.69) is 17.6 Å². The Morgan fingerprint density at radius 2 is 1.55 bits per heavy atom. The van der Waals surface area contributed by atoms with Crippen LogP contribution in [0.15, 0.2) is 54.6 Å². The van der Waals surface area contributed by atoms with Crippen molar-refractivity contribution < 1.29 is 24.2 Å². The van der Waals surface area contributed by atoms with Gasteiger partial charge in [-0.25, -0.2) is 4.79 Å². The van der Waals surface area contributed by atoms with Gasteiger partial charge in [-0.2, -0.15) is 0 Å². The highest BCUT2D eigenvalue weighted by atomic mass is 16.6. The van der Waals surface area contributed by atoms with Crippen molar-refractivity contribution in [3.05, 3.63) is 65.7 Å². The fraction of sp³-hybridized carbons (Fsp3) is 0.559. The lowest BCUT2D eigenvalue weighted by molar-refractivity contribution is -0.142. The molecule has 2 unspecified atom stereocenters. The van der Waals surface area contributed by atoms with Gasteiger partial charge in [-0.15, -0.1) is 0 Å². The summed E-state index contributed by atoms with van der Waals surface area (Å²) >= 11 is 0. The summed E-state index contributed by atoms with van der Waals surface area (Å²) in [4.78, 5) is 42.7. The normalized spacial score (nSPS) is 12.7. The van der Waals surface area contributed by atoms with Crippen LogP contribution in [0.25, 0.3) is 0 Å². The Morgan fingerprint density at radius 3 is 2.19 bits per heavy atom. The van der Waals surface area contributed by atoms with Crippen molar-refractivity contribution in [1.29, 1.82) is 0 Å². The second-order valence-corrected chi connectivity index (χ2v) is 11.8. The van der Waals surface area contributed by atoms with E-state index in [1.807, 2.05) is 37.3 Å². The van der Waals surface area contributed by atoms with E-state index in [9.17, 15) is 19.5 Å². The van der Waals surface area contributed by atoms with Gasteiger partial charge in [0.05, 0.1) is 0 Å². The van der Waals surface area contributed by atoms with Crippen molar-refractivity contribution in [1.82, 2.24) is 15.5 Å². The van der Waals surface area contributed by atoms with Gasteiger partial charge in [0.2, 0.25) is 11.8 Å². The first-order valence-electron chi connectivity index (χ1n) is 15.5. The number of nitrogens with zero attached hydrogens (tertiary/aromatic N) is 1. The first kappa shape index (κ1) is 34.7. The van der Waals surface area contributed by atoms with Gasteiger partial charge in [-0.3, -0.25) is 9.59 Å². The lowest BCUT2D eigenvalue weighted by Gasteiger charge is -2.34. The predicted molar refractivity (Wildman–Crippen MR) is 167 cm³/mol. The number of rotatable bonds is 17. The number of amides is 3. The number of hydrogen-bond donors (Lipinski definition) is 3. The fourth-order valence-corrected chi connectivity index (χ4v) is 4.78. The van der Waals surface area contributed by atoms with Crippen LogP contribution in [-0.2, 0) is 20.7 Å². The van der Waals surface area contributed by atoms with E-state index in [1.54, 1.807) is 37.8 Å². The second kappa shape index (κ2) is 18.1. The number of alkyl carbamates (subject to hydrolysis) is 1. The average Bonchev–Trinajstić information content (AvgIpc) is 2.93. The van der Waals surface area contributed by atoms with Crippen molar-refractivity contribution in [3.8, 4) is 5.75 Å². The zero-order valence-electron chi connectivity index (χ0n) is 26.2. The molecule has 0 aliphatic heterocycles. The van der Waals surface area contributed by atoms with Gasteiger partial charge in [-0.1, -0.05) is 94.8 Å². The standard InChI is InChI=1S/C34H51N3O5/c1-6-8-10-11-12-16-23-37(30(31(39)35-22-9-7-2)27-20-17-21-28(38)25-27)32(40)29(24-26-18-14-13-15-19-26)36-33(41)42-34(3,4)5/h13-15,17-21,25,29-30,38H,6-12,16,22-24H2,1-5H3,(H,35,39)(H,36,41). The molecule has 2 aromatic carbocycles. The Balaban J connectivity index is 2.49. The fourth-order valence-electron chi connectivity index (χ4n) is 4.78. The van der Waals surface area contributed by atoms with Gasteiger partial charge >= 0.3 is 6.09 Å². The van der Waals surface area contributed by atoms with E-state index in [0.29, 0.717) is 25.1 Å². The molecule has 232 valence electrons. The minimum atomic E-state index is -0.976. The summed E-state index contributed by atoms with van der Waals surface area (Å²) in [5.41, 5.74) is 0.637. The number of carbonyl (C=O) groups excluding carboxylic acids is 3. The molecule has 0 saturated carbocycles. The third kappa shape index (κ3) is 12.5. The summed E-state index contributed by atoms with van der Waals surface area (Å²) in [6, 6.07) is 14.0. The predicted octanol–water partition coefficient (Wildman–Crippen LogP) is 6.67. The quantitative estimate of drug-likeness (QED) is 0.181. The molecule has 0 bridgehead atoms. The highest BCUT2D eigenvalue weighted by Crippen LogP contribution is 2.27.